The maximum absolute atomic E-state index is 12.4. The maximum Gasteiger partial charge on any atom is 0.405 e. The number of anilines is 2. The summed E-state index contributed by atoms with van der Waals surface area (Å²) in [5, 5.41) is 5.84. The van der Waals surface area contributed by atoms with Crippen LogP contribution >= 0.6 is 11.3 Å². The van der Waals surface area contributed by atoms with E-state index in [9.17, 15) is 18.0 Å². The van der Waals surface area contributed by atoms with Crippen LogP contribution in [0, 0.1) is 6.92 Å². The van der Waals surface area contributed by atoms with Crippen LogP contribution in [0.5, 0.6) is 0 Å². The molecule has 0 aliphatic heterocycles. The molecular formula is C16H18F3N3OS. The van der Waals surface area contributed by atoms with Gasteiger partial charge in [-0.2, -0.15) is 13.2 Å². The number of aryl methyl sites for hydroxylation is 2. The number of carbonyl (C=O) groups is 1. The van der Waals surface area contributed by atoms with Crippen molar-refractivity contribution in [2.45, 2.75) is 32.9 Å². The number of hydrogen-bond acceptors (Lipinski definition) is 4. The number of alkyl halides is 3. The van der Waals surface area contributed by atoms with Crippen molar-refractivity contribution in [2.75, 3.05) is 17.2 Å². The van der Waals surface area contributed by atoms with Gasteiger partial charge in [-0.15, -0.1) is 11.3 Å². The van der Waals surface area contributed by atoms with E-state index in [1.54, 1.807) is 25.1 Å². The zero-order chi connectivity index (χ0) is 17.7. The number of aromatic nitrogens is 1. The Morgan fingerprint density at radius 1 is 1.25 bits per heavy atom. The Hall–Kier alpha value is -2.09. The first-order valence-corrected chi connectivity index (χ1v) is 8.29. The summed E-state index contributed by atoms with van der Waals surface area (Å²) >= 11 is 1.31. The van der Waals surface area contributed by atoms with E-state index in [0.717, 1.165) is 17.8 Å². The van der Waals surface area contributed by atoms with E-state index in [-0.39, 0.29) is 11.6 Å². The van der Waals surface area contributed by atoms with Crippen LogP contribution < -0.4 is 10.6 Å². The fourth-order valence-corrected chi connectivity index (χ4v) is 3.17. The number of benzene rings is 1. The van der Waals surface area contributed by atoms with Gasteiger partial charge in [0.15, 0.2) is 0 Å². The molecule has 0 fully saturated rings. The van der Waals surface area contributed by atoms with Crippen LogP contribution in [0.15, 0.2) is 24.3 Å². The molecule has 4 nitrogen and oxygen atoms in total. The lowest BCUT2D eigenvalue weighted by molar-refractivity contribution is -0.115. The molecule has 1 amide bonds. The van der Waals surface area contributed by atoms with E-state index in [2.05, 4.69) is 15.6 Å². The molecule has 0 aliphatic rings. The molecule has 2 N–H and O–H groups in total. The minimum atomic E-state index is -4.33. The summed E-state index contributed by atoms with van der Waals surface area (Å²) in [5.41, 5.74) is 1.15. The highest BCUT2D eigenvalue weighted by molar-refractivity contribution is 7.13. The predicted octanol–water partition coefficient (Wildman–Crippen LogP) is 4.63. The number of para-hydroxylation sites is 2. The van der Waals surface area contributed by atoms with Gasteiger partial charge in [0.2, 0.25) is 0 Å². The van der Waals surface area contributed by atoms with Crippen molar-refractivity contribution in [3.05, 3.63) is 39.8 Å². The molecular weight excluding hydrogens is 339 g/mol. The molecule has 0 spiro atoms. The Morgan fingerprint density at radius 2 is 1.92 bits per heavy atom. The van der Waals surface area contributed by atoms with Crippen molar-refractivity contribution in [2.24, 2.45) is 0 Å². The van der Waals surface area contributed by atoms with Gasteiger partial charge in [-0.1, -0.05) is 19.1 Å². The second-order valence-corrected chi connectivity index (χ2v) is 6.32. The third kappa shape index (κ3) is 4.95. The van der Waals surface area contributed by atoms with Crippen molar-refractivity contribution in [1.29, 1.82) is 0 Å². The van der Waals surface area contributed by atoms with Gasteiger partial charge in [0.05, 0.1) is 22.1 Å². The number of rotatable bonds is 6. The first kappa shape index (κ1) is 18.3. The van der Waals surface area contributed by atoms with E-state index < -0.39 is 12.7 Å². The summed E-state index contributed by atoms with van der Waals surface area (Å²) < 4.78 is 37.1. The summed E-state index contributed by atoms with van der Waals surface area (Å²) in [6.07, 6.45) is -2.61. The molecule has 8 heteroatoms. The second kappa shape index (κ2) is 7.65. The molecule has 0 saturated carbocycles. The highest BCUT2D eigenvalue weighted by Gasteiger charge is 2.27. The molecule has 0 radical (unpaired) electrons. The van der Waals surface area contributed by atoms with Gasteiger partial charge in [0.1, 0.15) is 11.4 Å². The molecule has 0 unspecified atom stereocenters. The fraction of sp³-hybridized carbons (Fsp3) is 0.375. The molecule has 1 heterocycles. The third-order valence-corrected chi connectivity index (χ3v) is 4.38. The van der Waals surface area contributed by atoms with E-state index >= 15 is 0 Å². The summed E-state index contributed by atoms with van der Waals surface area (Å²) in [6, 6.07) is 6.30. The second-order valence-electron chi connectivity index (χ2n) is 5.24. The zero-order valence-electron chi connectivity index (χ0n) is 13.3. The van der Waals surface area contributed by atoms with Gasteiger partial charge < -0.3 is 10.6 Å². The van der Waals surface area contributed by atoms with Crippen molar-refractivity contribution >= 4 is 28.6 Å². The average molecular weight is 357 g/mol. The van der Waals surface area contributed by atoms with E-state index in [1.165, 1.54) is 17.4 Å². The SMILES string of the molecule is CCCc1nc(C)c(C(=O)Nc2ccccc2NCC(F)(F)F)s1. The van der Waals surface area contributed by atoms with Crippen LogP contribution in [0.4, 0.5) is 24.5 Å². The molecule has 130 valence electrons. The smallest absolute Gasteiger partial charge is 0.375 e. The van der Waals surface area contributed by atoms with Crippen LogP contribution in [0.2, 0.25) is 0 Å². The summed E-state index contributed by atoms with van der Waals surface area (Å²) in [7, 11) is 0. The molecule has 0 bridgehead atoms. The highest BCUT2D eigenvalue weighted by atomic mass is 32.1. The summed E-state index contributed by atoms with van der Waals surface area (Å²) in [4.78, 5) is 17.2. The van der Waals surface area contributed by atoms with Crippen LogP contribution in [-0.4, -0.2) is 23.6 Å². The van der Waals surface area contributed by atoms with E-state index in [4.69, 9.17) is 0 Å². The maximum atomic E-state index is 12.4. The largest absolute Gasteiger partial charge is 0.405 e. The lowest BCUT2D eigenvalue weighted by atomic mass is 10.2. The van der Waals surface area contributed by atoms with Gasteiger partial charge >= 0.3 is 6.18 Å². The Bertz CT molecular complexity index is 713. The molecule has 0 aliphatic carbocycles. The molecule has 0 atom stereocenters. The lowest BCUT2D eigenvalue weighted by Gasteiger charge is -2.14. The number of nitrogens with zero attached hydrogens (tertiary/aromatic N) is 1. The summed E-state index contributed by atoms with van der Waals surface area (Å²) in [6.45, 7) is 2.61. The van der Waals surface area contributed by atoms with Gasteiger partial charge in [-0.05, 0) is 31.9 Å². The van der Waals surface area contributed by atoms with Gasteiger partial charge in [0, 0.05) is 0 Å². The monoisotopic (exact) mass is 357 g/mol. The normalized spacial score (nSPS) is 11.4. The average Bonchev–Trinajstić information content (AvgIpc) is 2.87. The minimum Gasteiger partial charge on any atom is -0.375 e. The molecule has 2 aromatic rings. The molecule has 24 heavy (non-hydrogen) atoms. The van der Waals surface area contributed by atoms with Crippen molar-refractivity contribution < 1.29 is 18.0 Å². The number of hydrogen-bond donors (Lipinski definition) is 2. The number of thiazole rings is 1. The first-order valence-electron chi connectivity index (χ1n) is 7.47. The predicted molar refractivity (Wildman–Crippen MR) is 89.8 cm³/mol. The number of carbonyl (C=O) groups excluding carboxylic acids is 1. The molecule has 1 aromatic carbocycles. The zero-order valence-corrected chi connectivity index (χ0v) is 14.1. The highest BCUT2D eigenvalue weighted by Crippen LogP contribution is 2.26. The van der Waals surface area contributed by atoms with Gasteiger partial charge in [-0.25, -0.2) is 4.98 Å². The first-order chi connectivity index (χ1) is 11.3. The summed E-state index contributed by atoms with van der Waals surface area (Å²) in [5.74, 6) is -0.367. The topological polar surface area (TPSA) is 54.0 Å². The Balaban J connectivity index is 2.14. The lowest BCUT2D eigenvalue weighted by Crippen LogP contribution is -2.22. The van der Waals surface area contributed by atoms with Crippen molar-refractivity contribution in [3.8, 4) is 0 Å². The van der Waals surface area contributed by atoms with E-state index in [0.29, 0.717) is 16.3 Å². The number of nitrogens with one attached hydrogen (secondary N) is 2. The van der Waals surface area contributed by atoms with Crippen LogP contribution in [0.1, 0.15) is 33.7 Å². The Kier molecular flexibility index (Phi) is 5.82. The molecule has 1 aromatic heterocycles. The van der Waals surface area contributed by atoms with Crippen LogP contribution in [0.3, 0.4) is 0 Å². The van der Waals surface area contributed by atoms with Crippen molar-refractivity contribution in [1.82, 2.24) is 4.98 Å². The van der Waals surface area contributed by atoms with Crippen molar-refractivity contribution in [3.63, 3.8) is 0 Å². The number of amides is 1. The number of halogens is 3. The minimum absolute atomic E-state index is 0.221. The van der Waals surface area contributed by atoms with Gasteiger partial charge in [-0.3, -0.25) is 4.79 Å². The van der Waals surface area contributed by atoms with Crippen LogP contribution in [0.25, 0.3) is 0 Å². The Labute approximate surface area is 142 Å². The molecule has 2 rings (SSSR count). The quantitative estimate of drug-likeness (QED) is 0.792. The Morgan fingerprint density at radius 3 is 2.54 bits per heavy atom. The standard InChI is InChI=1S/C16H18F3N3OS/c1-3-6-13-21-10(2)14(24-13)15(23)22-12-8-5-4-7-11(12)20-9-16(17,18)19/h4-5,7-8,20H,3,6,9H2,1-2H3,(H,22,23). The molecule has 0 saturated heterocycles. The van der Waals surface area contributed by atoms with E-state index in [1.807, 2.05) is 6.92 Å². The fourth-order valence-electron chi connectivity index (χ4n) is 2.10. The third-order valence-electron chi connectivity index (χ3n) is 3.17. The van der Waals surface area contributed by atoms with Gasteiger partial charge in [0.25, 0.3) is 5.91 Å². The van der Waals surface area contributed by atoms with Crippen LogP contribution in [-0.2, 0) is 6.42 Å².